The molecular formula is C8H14ClN3O3. The van der Waals surface area contributed by atoms with E-state index in [9.17, 15) is 9.59 Å². The van der Waals surface area contributed by atoms with E-state index in [0.717, 1.165) is 0 Å². The summed E-state index contributed by atoms with van der Waals surface area (Å²) in [5, 5.41) is 8.47. The van der Waals surface area contributed by atoms with Gasteiger partial charge in [0.15, 0.2) is 0 Å². The van der Waals surface area contributed by atoms with Crippen LogP contribution in [0, 0.1) is 0 Å². The predicted octanol–water partition coefficient (Wildman–Crippen LogP) is 2.32. The van der Waals surface area contributed by atoms with Crippen molar-refractivity contribution in [3.8, 4) is 0 Å². The van der Waals surface area contributed by atoms with Crippen molar-refractivity contribution in [2.24, 2.45) is 10.2 Å². The lowest BCUT2D eigenvalue weighted by molar-refractivity contribution is 0.0590. The summed E-state index contributed by atoms with van der Waals surface area (Å²) in [7, 11) is 0. The average Bonchev–Trinajstić information content (AvgIpc) is 2.08. The Morgan fingerprint density at radius 3 is 2.40 bits per heavy atom. The molecule has 0 spiro atoms. The number of hydrogen-bond donors (Lipinski definition) is 1. The van der Waals surface area contributed by atoms with Gasteiger partial charge in [-0.25, -0.2) is 9.59 Å². The summed E-state index contributed by atoms with van der Waals surface area (Å²) in [6, 6.07) is -0.721. The number of hydrogen-bond acceptors (Lipinski definition) is 3. The van der Waals surface area contributed by atoms with Crippen LogP contribution in [0.25, 0.3) is 0 Å². The minimum absolute atomic E-state index is 0.272. The van der Waals surface area contributed by atoms with Crippen LogP contribution in [0.3, 0.4) is 0 Å². The van der Waals surface area contributed by atoms with E-state index >= 15 is 0 Å². The van der Waals surface area contributed by atoms with Gasteiger partial charge in [-0.1, -0.05) is 10.2 Å². The second-order valence-corrected chi connectivity index (χ2v) is 3.98. The summed E-state index contributed by atoms with van der Waals surface area (Å²) >= 11 is 5.32. The average molecular weight is 236 g/mol. The molecule has 1 N–H and O–H groups in total. The maximum atomic E-state index is 10.9. The number of rotatable bonds is 2. The molecule has 3 amide bonds. The molecule has 0 heterocycles. The van der Waals surface area contributed by atoms with Crippen LogP contribution in [0.15, 0.2) is 10.2 Å². The number of ether oxygens (including phenoxy) is 1. The van der Waals surface area contributed by atoms with Crippen molar-refractivity contribution in [1.29, 1.82) is 0 Å². The molecule has 0 rings (SSSR count). The summed E-state index contributed by atoms with van der Waals surface area (Å²) in [6.45, 7) is 5.34. The standard InChI is InChI=1S/C8H14ClN3O3/c1-8(2,3)15-7(14)12-11-6(13)10-5-4-9/h4-5H2,1-3H3,(H,10,13). The Hall–Kier alpha value is -1.17. The van der Waals surface area contributed by atoms with E-state index in [0.29, 0.717) is 0 Å². The van der Waals surface area contributed by atoms with E-state index in [1.807, 2.05) is 0 Å². The molecule has 15 heavy (non-hydrogen) atoms. The van der Waals surface area contributed by atoms with Crippen molar-refractivity contribution in [3.63, 3.8) is 0 Å². The van der Waals surface area contributed by atoms with Gasteiger partial charge in [0.1, 0.15) is 5.60 Å². The minimum atomic E-state index is -0.900. The molecule has 7 heteroatoms. The number of carbonyl (C=O) groups is 2. The van der Waals surface area contributed by atoms with Gasteiger partial charge in [0.25, 0.3) is 0 Å². The number of nitrogens with zero attached hydrogens (tertiary/aromatic N) is 2. The van der Waals surface area contributed by atoms with Gasteiger partial charge in [-0.15, -0.1) is 11.6 Å². The zero-order valence-corrected chi connectivity index (χ0v) is 9.67. The van der Waals surface area contributed by atoms with Gasteiger partial charge in [-0.2, -0.15) is 0 Å². The molecule has 0 saturated heterocycles. The Morgan fingerprint density at radius 1 is 1.33 bits per heavy atom. The molecule has 0 radical (unpaired) electrons. The molecule has 6 nitrogen and oxygen atoms in total. The highest BCUT2D eigenvalue weighted by molar-refractivity contribution is 6.18. The largest absolute Gasteiger partial charge is 0.453 e. The van der Waals surface area contributed by atoms with Crippen molar-refractivity contribution in [1.82, 2.24) is 5.32 Å². The first-order valence-corrected chi connectivity index (χ1v) is 4.87. The van der Waals surface area contributed by atoms with Crippen molar-refractivity contribution < 1.29 is 14.3 Å². The number of azo groups is 1. The number of alkyl halides is 1. The number of nitrogens with one attached hydrogen (secondary N) is 1. The molecule has 0 saturated carbocycles. The molecule has 0 aliphatic carbocycles. The molecule has 0 unspecified atom stereocenters. The maximum absolute atomic E-state index is 10.9. The first-order chi connectivity index (χ1) is 6.85. The third-order valence-electron chi connectivity index (χ3n) is 0.987. The number of halogens is 1. The Bertz CT molecular complexity index is 260. The topological polar surface area (TPSA) is 80.1 Å². The number of amides is 3. The zero-order valence-electron chi connectivity index (χ0n) is 8.91. The molecule has 0 aliphatic heterocycles. The van der Waals surface area contributed by atoms with Gasteiger partial charge in [0.2, 0.25) is 0 Å². The summed E-state index contributed by atoms with van der Waals surface area (Å²) in [5.41, 5.74) is -0.650. The third-order valence-corrected chi connectivity index (χ3v) is 1.18. The van der Waals surface area contributed by atoms with Gasteiger partial charge < -0.3 is 10.1 Å². The molecule has 0 aromatic heterocycles. The van der Waals surface area contributed by atoms with E-state index in [1.165, 1.54) is 0 Å². The van der Waals surface area contributed by atoms with Gasteiger partial charge in [0, 0.05) is 12.4 Å². The normalized spacial score (nSPS) is 11.5. The number of urea groups is 1. The van der Waals surface area contributed by atoms with Gasteiger partial charge in [-0.05, 0) is 20.8 Å². The second kappa shape index (κ2) is 6.34. The van der Waals surface area contributed by atoms with Crippen LogP contribution in [0.1, 0.15) is 20.8 Å². The van der Waals surface area contributed by atoms with E-state index in [4.69, 9.17) is 16.3 Å². The van der Waals surface area contributed by atoms with E-state index in [-0.39, 0.29) is 12.4 Å². The molecule has 86 valence electrons. The fourth-order valence-corrected chi connectivity index (χ4v) is 0.653. The highest BCUT2D eigenvalue weighted by atomic mass is 35.5. The lowest BCUT2D eigenvalue weighted by atomic mass is 10.2. The smallest absolute Gasteiger partial charge is 0.441 e. The Balaban J connectivity index is 3.95. The fraction of sp³-hybridized carbons (Fsp3) is 0.750. The third kappa shape index (κ3) is 9.14. The summed E-state index contributed by atoms with van der Waals surface area (Å²) in [4.78, 5) is 21.8. The fourth-order valence-electron chi connectivity index (χ4n) is 0.558. The van der Waals surface area contributed by atoms with Crippen LogP contribution in [0.4, 0.5) is 9.59 Å². The van der Waals surface area contributed by atoms with Crippen molar-refractivity contribution in [3.05, 3.63) is 0 Å². The molecule has 0 aromatic rings. The van der Waals surface area contributed by atoms with Crippen LogP contribution < -0.4 is 5.32 Å². The van der Waals surface area contributed by atoms with Crippen LogP contribution in [0.2, 0.25) is 0 Å². The van der Waals surface area contributed by atoms with E-state index in [1.54, 1.807) is 20.8 Å². The monoisotopic (exact) mass is 235 g/mol. The molecule has 0 bridgehead atoms. The first kappa shape index (κ1) is 13.8. The number of carbonyl (C=O) groups excluding carboxylic acids is 2. The van der Waals surface area contributed by atoms with E-state index < -0.39 is 17.7 Å². The van der Waals surface area contributed by atoms with Gasteiger partial charge in [-0.3, -0.25) is 0 Å². The minimum Gasteiger partial charge on any atom is -0.441 e. The molecule has 0 atom stereocenters. The Kier molecular flexibility index (Phi) is 5.84. The first-order valence-electron chi connectivity index (χ1n) is 4.33. The van der Waals surface area contributed by atoms with Crippen LogP contribution in [-0.4, -0.2) is 30.2 Å². The molecule has 0 aromatic carbocycles. The van der Waals surface area contributed by atoms with Crippen molar-refractivity contribution in [2.75, 3.05) is 12.4 Å². The van der Waals surface area contributed by atoms with Crippen LogP contribution in [-0.2, 0) is 4.74 Å². The van der Waals surface area contributed by atoms with E-state index in [2.05, 4.69) is 15.5 Å². The highest BCUT2D eigenvalue weighted by Gasteiger charge is 2.15. The maximum Gasteiger partial charge on any atom is 0.453 e. The van der Waals surface area contributed by atoms with Crippen LogP contribution in [0.5, 0.6) is 0 Å². The Morgan fingerprint density at radius 2 is 1.93 bits per heavy atom. The SMILES string of the molecule is CC(C)(C)OC(=O)N=NC(=O)NCCCl. The van der Waals surface area contributed by atoms with Crippen molar-refractivity contribution >= 4 is 23.7 Å². The molecule has 0 fully saturated rings. The highest BCUT2D eigenvalue weighted by Crippen LogP contribution is 2.07. The lowest BCUT2D eigenvalue weighted by Gasteiger charge is -2.16. The molecular weight excluding hydrogens is 222 g/mol. The van der Waals surface area contributed by atoms with Gasteiger partial charge in [0.05, 0.1) is 0 Å². The van der Waals surface area contributed by atoms with Crippen molar-refractivity contribution in [2.45, 2.75) is 26.4 Å². The van der Waals surface area contributed by atoms with Crippen LogP contribution >= 0.6 is 11.6 Å². The Labute approximate surface area is 93.0 Å². The zero-order chi connectivity index (χ0) is 11.9. The quantitative estimate of drug-likeness (QED) is 0.589. The summed E-state index contributed by atoms with van der Waals surface area (Å²) in [5.74, 6) is 0.272. The van der Waals surface area contributed by atoms with Gasteiger partial charge >= 0.3 is 12.1 Å². The second-order valence-electron chi connectivity index (χ2n) is 3.60. The lowest BCUT2D eigenvalue weighted by Crippen LogP contribution is -2.23. The molecule has 0 aliphatic rings. The summed E-state index contributed by atoms with van der Waals surface area (Å²) in [6.07, 6.45) is -0.900. The predicted molar refractivity (Wildman–Crippen MR) is 55.2 cm³/mol. The summed E-state index contributed by atoms with van der Waals surface area (Å²) < 4.78 is 4.79.